The van der Waals surface area contributed by atoms with Crippen molar-refractivity contribution in [1.82, 2.24) is 5.32 Å². The molecule has 12 heavy (non-hydrogen) atoms. The van der Waals surface area contributed by atoms with Gasteiger partial charge in [0.2, 0.25) is 0 Å². The van der Waals surface area contributed by atoms with Crippen LogP contribution in [0.4, 0.5) is 0 Å². The number of thioether (sulfide) groups is 1. The predicted molar refractivity (Wildman–Crippen MR) is 57.5 cm³/mol. The highest BCUT2D eigenvalue weighted by Gasteiger charge is 2.27. The zero-order chi connectivity index (χ0) is 8.97. The Morgan fingerprint density at radius 1 is 1.33 bits per heavy atom. The molecule has 1 rings (SSSR count). The van der Waals surface area contributed by atoms with Crippen LogP contribution in [0.2, 0.25) is 0 Å². The first-order valence-corrected chi connectivity index (χ1v) is 6.24. The van der Waals surface area contributed by atoms with Crippen molar-refractivity contribution in [2.45, 2.75) is 51.4 Å². The fourth-order valence-electron chi connectivity index (χ4n) is 1.77. The van der Waals surface area contributed by atoms with Crippen LogP contribution in [-0.2, 0) is 0 Å². The van der Waals surface area contributed by atoms with Gasteiger partial charge >= 0.3 is 0 Å². The fourth-order valence-corrected chi connectivity index (χ4v) is 3.49. The number of hydrogen-bond acceptors (Lipinski definition) is 2. The van der Waals surface area contributed by atoms with Crippen molar-refractivity contribution in [2.24, 2.45) is 5.92 Å². The third kappa shape index (κ3) is 2.40. The molecule has 0 aromatic heterocycles. The minimum absolute atomic E-state index is 0.741. The van der Waals surface area contributed by atoms with Crippen molar-refractivity contribution >= 4 is 11.8 Å². The van der Waals surface area contributed by atoms with E-state index >= 15 is 0 Å². The summed E-state index contributed by atoms with van der Waals surface area (Å²) in [7, 11) is 0. The molecule has 0 spiro atoms. The normalized spacial score (nSPS) is 30.0. The molecular formula is C10H21NS. The van der Waals surface area contributed by atoms with E-state index in [-0.39, 0.29) is 0 Å². The first-order chi connectivity index (χ1) is 5.81. The molecule has 0 aliphatic carbocycles. The van der Waals surface area contributed by atoms with Crippen LogP contribution in [0.5, 0.6) is 0 Å². The second-order valence-corrected chi connectivity index (χ2v) is 4.78. The average Bonchev–Trinajstić information content (AvgIpc) is 2.55. The molecule has 2 unspecified atom stereocenters. The summed E-state index contributed by atoms with van der Waals surface area (Å²) in [6.45, 7) is 6.87. The van der Waals surface area contributed by atoms with E-state index in [0.29, 0.717) is 0 Å². The molecule has 0 saturated carbocycles. The molecule has 0 aromatic carbocycles. The Kier molecular flexibility index (Phi) is 4.44. The highest BCUT2D eigenvalue weighted by molar-refractivity contribution is 8.00. The minimum atomic E-state index is 0.741. The summed E-state index contributed by atoms with van der Waals surface area (Å²) in [4.78, 5) is 0. The number of hydrogen-bond donors (Lipinski definition) is 1. The van der Waals surface area contributed by atoms with Crippen LogP contribution in [0, 0.1) is 5.92 Å². The Bertz CT molecular complexity index is 123. The largest absolute Gasteiger partial charge is 0.301 e. The highest BCUT2D eigenvalue weighted by Crippen LogP contribution is 2.29. The van der Waals surface area contributed by atoms with Gasteiger partial charge in [-0.15, -0.1) is 11.8 Å². The van der Waals surface area contributed by atoms with Crippen molar-refractivity contribution in [3.63, 3.8) is 0 Å². The van der Waals surface area contributed by atoms with Crippen LogP contribution in [0.25, 0.3) is 0 Å². The van der Waals surface area contributed by atoms with E-state index in [1.54, 1.807) is 0 Å². The van der Waals surface area contributed by atoms with Gasteiger partial charge in [-0.2, -0.15) is 0 Å². The Hall–Kier alpha value is 0.310. The van der Waals surface area contributed by atoms with E-state index in [1.165, 1.54) is 25.0 Å². The lowest BCUT2D eigenvalue weighted by atomic mass is 10.0. The summed E-state index contributed by atoms with van der Waals surface area (Å²) in [5, 5.41) is 4.45. The SMILES string of the molecule is CCC1CSC(C(CC)CC)N1. The predicted octanol–water partition coefficient (Wildman–Crippen LogP) is 2.86. The van der Waals surface area contributed by atoms with Gasteiger partial charge in [0.05, 0.1) is 5.37 Å². The van der Waals surface area contributed by atoms with E-state index in [2.05, 4.69) is 37.8 Å². The molecule has 1 saturated heterocycles. The molecule has 1 heterocycles. The van der Waals surface area contributed by atoms with Crippen LogP contribution in [0.3, 0.4) is 0 Å². The summed E-state index contributed by atoms with van der Waals surface area (Å²) in [6, 6.07) is 0.778. The van der Waals surface area contributed by atoms with Gasteiger partial charge in [0.25, 0.3) is 0 Å². The lowest BCUT2D eigenvalue weighted by Gasteiger charge is -2.20. The molecule has 1 N–H and O–H groups in total. The summed E-state index contributed by atoms with van der Waals surface area (Å²) < 4.78 is 0. The maximum absolute atomic E-state index is 3.71. The molecule has 2 heteroatoms. The summed E-state index contributed by atoms with van der Waals surface area (Å²) in [5.74, 6) is 2.20. The Labute approximate surface area is 80.7 Å². The van der Waals surface area contributed by atoms with E-state index in [0.717, 1.165) is 17.3 Å². The van der Waals surface area contributed by atoms with Gasteiger partial charge in [-0.05, 0) is 12.3 Å². The van der Waals surface area contributed by atoms with E-state index < -0.39 is 0 Å². The molecule has 2 atom stereocenters. The van der Waals surface area contributed by atoms with Crippen molar-refractivity contribution in [2.75, 3.05) is 5.75 Å². The molecule has 0 aromatic rings. The first-order valence-electron chi connectivity index (χ1n) is 5.19. The monoisotopic (exact) mass is 187 g/mol. The Morgan fingerprint density at radius 2 is 2.00 bits per heavy atom. The van der Waals surface area contributed by atoms with Crippen LogP contribution in [0.15, 0.2) is 0 Å². The molecule has 0 radical (unpaired) electrons. The third-order valence-corrected chi connectivity index (χ3v) is 4.32. The Morgan fingerprint density at radius 3 is 2.42 bits per heavy atom. The summed E-state index contributed by atoms with van der Waals surface area (Å²) >= 11 is 2.12. The van der Waals surface area contributed by atoms with E-state index in [4.69, 9.17) is 0 Å². The molecule has 1 fully saturated rings. The van der Waals surface area contributed by atoms with Gasteiger partial charge in [-0.25, -0.2) is 0 Å². The van der Waals surface area contributed by atoms with Gasteiger partial charge in [0.15, 0.2) is 0 Å². The highest BCUT2D eigenvalue weighted by atomic mass is 32.2. The second kappa shape index (κ2) is 5.13. The van der Waals surface area contributed by atoms with E-state index in [9.17, 15) is 0 Å². The molecule has 1 aliphatic heterocycles. The quantitative estimate of drug-likeness (QED) is 0.726. The standard InChI is InChI=1S/C10H21NS/c1-4-8(5-2)10-11-9(6-3)7-12-10/h8-11H,4-7H2,1-3H3. The molecular weight excluding hydrogens is 166 g/mol. The van der Waals surface area contributed by atoms with Crippen molar-refractivity contribution in [3.8, 4) is 0 Å². The molecule has 0 amide bonds. The van der Waals surface area contributed by atoms with Crippen LogP contribution < -0.4 is 5.32 Å². The summed E-state index contributed by atoms with van der Waals surface area (Å²) in [5.41, 5.74) is 0. The van der Waals surface area contributed by atoms with Gasteiger partial charge in [-0.3, -0.25) is 0 Å². The van der Waals surface area contributed by atoms with Gasteiger partial charge in [-0.1, -0.05) is 33.6 Å². The van der Waals surface area contributed by atoms with Gasteiger partial charge in [0.1, 0.15) is 0 Å². The topological polar surface area (TPSA) is 12.0 Å². The molecule has 1 aliphatic rings. The fraction of sp³-hybridized carbons (Fsp3) is 1.00. The smallest absolute Gasteiger partial charge is 0.0563 e. The second-order valence-electron chi connectivity index (χ2n) is 3.60. The van der Waals surface area contributed by atoms with Crippen molar-refractivity contribution < 1.29 is 0 Å². The maximum Gasteiger partial charge on any atom is 0.0563 e. The average molecular weight is 187 g/mol. The molecule has 1 nitrogen and oxygen atoms in total. The zero-order valence-electron chi connectivity index (χ0n) is 8.47. The number of rotatable bonds is 4. The van der Waals surface area contributed by atoms with E-state index in [1.807, 2.05) is 0 Å². The van der Waals surface area contributed by atoms with Crippen LogP contribution in [0.1, 0.15) is 40.0 Å². The van der Waals surface area contributed by atoms with Gasteiger partial charge < -0.3 is 5.32 Å². The Balaban J connectivity index is 2.34. The van der Waals surface area contributed by atoms with Crippen LogP contribution in [-0.4, -0.2) is 17.2 Å². The van der Waals surface area contributed by atoms with Gasteiger partial charge in [0, 0.05) is 11.8 Å². The van der Waals surface area contributed by atoms with Crippen molar-refractivity contribution in [1.29, 1.82) is 0 Å². The molecule has 72 valence electrons. The van der Waals surface area contributed by atoms with Crippen molar-refractivity contribution in [3.05, 3.63) is 0 Å². The zero-order valence-corrected chi connectivity index (χ0v) is 9.29. The lowest BCUT2D eigenvalue weighted by Crippen LogP contribution is -2.33. The first kappa shape index (κ1) is 10.4. The third-order valence-electron chi connectivity index (χ3n) is 2.85. The van der Waals surface area contributed by atoms with Crippen LogP contribution >= 0.6 is 11.8 Å². The lowest BCUT2D eigenvalue weighted by molar-refractivity contribution is 0.404. The summed E-state index contributed by atoms with van der Waals surface area (Å²) in [6.07, 6.45) is 3.92. The maximum atomic E-state index is 3.71. The molecule has 0 bridgehead atoms. The minimum Gasteiger partial charge on any atom is -0.301 e. The number of nitrogens with one attached hydrogen (secondary N) is 1.